The molecule has 4 rings (SSSR count). The fourth-order valence-electron chi connectivity index (χ4n) is 4.77. The van der Waals surface area contributed by atoms with Crippen LogP contribution in [0.5, 0.6) is 5.75 Å². The Morgan fingerprint density at radius 3 is 2.77 bits per heavy atom. The Hall–Kier alpha value is -2.78. The number of hydrogen-bond donors (Lipinski definition) is 1. The maximum Gasteiger partial charge on any atom is 0.239 e. The van der Waals surface area contributed by atoms with Crippen molar-refractivity contribution < 1.29 is 9.53 Å². The van der Waals surface area contributed by atoms with Gasteiger partial charge in [0.1, 0.15) is 24.2 Å². The van der Waals surface area contributed by atoms with E-state index < -0.39 is 0 Å². The molecule has 2 aliphatic rings. The molecule has 1 aliphatic carbocycles. The van der Waals surface area contributed by atoms with Crippen LogP contribution < -0.4 is 10.1 Å². The van der Waals surface area contributed by atoms with E-state index in [1.165, 1.54) is 19.3 Å². The van der Waals surface area contributed by atoms with Crippen molar-refractivity contribution in [3.05, 3.63) is 46.6 Å². The lowest BCUT2D eigenvalue weighted by molar-refractivity contribution is -0.117. The summed E-state index contributed by atoms with van der Waals surface area (Å²) in [5.41, 5.74) is 3.75. The number of aromatic nitrogens is 1. The van der Waals surface area contributed by atoms with Crippen molar-refractivity contribution in [1.29, 1.82) is 5.26 Å². The number of amides is 1. The molecule has 1 N–H and O–H groups in total. The Morgan fingerprint density at radius 2 is 2.00 bits per heavy atom. The van der Waals surface area contributed by atoms with Crippen LogP contribution in [0.1, 0.15) is 60.5 Å². The zero-order valence-electron chi connectivity index (χ0n) is 17.9. The molecule has 30 heavy (non-hydrogen) atoms. The molecule has 0 atom stereocenters. The summed E-state index contributed by atoms with van der Waals surface area (Å²) in [6, 6.07) is 10.7. The fourth-order valence-corrected chi connectivity index (χ4v) is 4.77. The van der Waals surface area contributed by atoms with E-state index in [1.54, 1.807) is 0 Å². The highest BCUT2D eigenvalue weighted by molar-refractivity contribution is 5.93. The highest BCUT2D eigenvalue weighted by Crippen LogP contribution is 2.36. The number of fused-ring (bicyclic) bond motifs is 1. The van der Waals surface area contributed by atoms with E-state index in [4.69, 9.17) is 4.74 Å². The Kier molecular flexibility index (Phi) is 6.10. The molecule has 1 saturated carbocycles. The molecule has 6 heteroatoms. The van der Waals surface area contributed by atoms with Crippen molar-refractivity contribution >= 4 is 11.7 Å². The van der Waals surface area contributed by atoms with Crippen LogP contribution in [0.3, 0.4) is 0 Å². The lowest BCUT2D eigenvalue weighted by Crippen LogP contribution is -2.35. The van der Waals surface area contributed by atoms with Crippen LogP contribution >= 0.6 is 0 Å². The molecule has 158 valence electrons. The fraction of sp³-hybridized carbons (Fsp3) is 0.500. The second-order valence-corrected chi connectivity index (χ2v) is 8.42. The van der Waals surface area contributed by atoms with Crippen LogP contribution in [0.15, 0.2) is 24.3 Å². The molecule has 6 nitrogen and oxygen atoms in total. The van der Waals surface area contributed by atoms with Crippen LogP contribution in [0.4, 0.5) is 5.82 Å². The predicted molar refractivity (Wildman–Crippen MR) is 117 cm³/mol. The highest BCUT2D eigenvalue weighted by atomic mass is 16.5. The first-order valence-electron chi connectivity index (χ1n) is 10.9. The molecule has 1 aliphatic heterocycles. The lowest BCUT2D eigenvalue weighted by Gasteiger charge is -2.27. The van der Waals surface area contributed by atoms with Crippen molar-refractivity contribution in [2.45, 2.75) is 58.5 Å². The largest absolute Gasteiger partial charge is 0.492 e. The summed E-state index contributed by atoms with van der Waals surface area (Å²) >= 11 is 0. The summed E-state index contributed by atoms with van der Waals surface area (Å²) in [5.74, 6) is 1.49. The molecule has 1 fully saturated rings. The van der Waals surface area contributed by atoms with Crippen LogP contribution in [-0.4, -0.2) is 35.1 Å². The maximum absolute atomic E-state index is 13.0. The third-order valence-corrected chi connectivity index (χ3v) is 6.47. The minimum Gasteiger partial charge on any atom is -0.492 e. The topological polar surface area (TPSA) is 70.3 Å². The van der Waals surface area contributed by atoms with Crippen LogP contribution in [0.25, 0.3) is 0 Å². The van der Waals surface area contributed by atoms with Gasteiger partial charge in [0.05, 0.1) is 12.1 Å². The Labute approximate surface area is 178 Å². The van der Waals surface area contributed by atoms with E-state index >= 15 is 0 Å². The van der Waals surface area contributed by atoms with E-state index in [1.807, 2.05) is 31.2 Å². The molecule has 1 aromatic carbocycles. The number of para-hydroxylation sites is 1. The minimum absolute atomic E-state index is 0.0829. The van der Waals surface area contributed by atoms with Gasteiger partial charge in [-0.2, -0.15) is 5.26 Å². The summed E-state index contributed by atoms with van der Waals surface area (Å²) in [7, 11) is 0. The number of nitrogens with zero attached hydrogens (tertiary/aromatic N) is 3. The first-order valence-corrected chi connectivity index (χ1v) is 10.9. The number of anilines is 1. The van der Waals surface area contributed by atoms with Crippen LogP contribution in [-0.2, 0) is 11.3 Å². The van der Waals surface area contributed by atoms with E-state index in [9.17, 15) is 10.1 Å². The molecule has 2 heterocycles. The predicted octanol–water partition coefficient (Wildman–Crippen LogP) is 4.31. The van der Waals surface area contributed by atoms with E-state index in [0.29, 0.717) is 37.1 Å². The number of carbonyl (C=O) groups is 1. The average Bonchev–Trinajstić information content (AvgIpc) is 2.88. The number of ether oxygens (including phenoxy) is 1. The van der Waals surface area contributed by atoms with Gasteiger partial charge in [-0.3, -0.25) is 9.69 Å². The number of hydrogen-bond acceptors (Lipinski definition) is 4. The van der Waals surface area contributed by atoms with Crippen molar-refractivity contribution in [3.8, 4) is 11.8 Å². The van der Waals surface area contributed by atoms with Crippen molar-refractivity contribution in [1.82, 2.24) is 9.47 Å². The molecule has 1 amide bonds. The lowest BCUT2D eigenvalue weighted by atomic mass is 9.95. The van der Waals surface area contributed by atoms with Gasteiger partial charge < -0.3 is 14.6 Å². The Balaban J connectivity index is 1.53. The minimum atomic E-state index is -0.0829. The summed E-state index contributed by atoms with van der Waals surface area (Å²) in [5, 5.41) is 12.9. The first kappa shape index (κ1) is 20.5. The number of benzene rings is 1. The zero-order valence-corrected chi connectivity index (χ0v) is 17.9. The standard InChI is InChI=1S/C24H30N4O2/c1-17-18(2)28(20-9-4-3-5-10-20)24(21(17)14-25)26-23(29)16-27-12-13-30-22-11-7-6-8-19(22)15-27/h6-8,11,20H,3-5,9-10,12-13,15-16H2,1-2H3,(H,26,29). The number of rotatable bonds is 4. The Bertz CT molecular complexity index is 966. The second kappa shape index (κ2) is 8.93. The van der Waals surface area contributed by atoms with Crippen molar-refractivity contribution in [3.63, 3.8) is 0 Å². The molecular formula is C24H30N4O2. The first-order chi connectivity index (χ1) is 14.6. The van der Waals surface area contributed by atoms with E-state index in [2.05, 4.69) is 27.8 Å². The number of nitrogens with one attached hydrogen (secondary N) is 1. The summed E-state index contributed by atoms with van der Waals surface area (Å²) < 4.78 is 8.03. The smallest absolute Gasteiger partial charge is 0.239 e. The second-order valence-electron chi connectivity index (χ2n) is 8.42. The molecular weight excluding hydrogens is 376 g/mol. The van der Waals surface area contributed by atoms with Gasteiger partial charge in [0.25, 0.3) is 0 Å². The van der Waals surface area contributed by atoms with Gasteiger partial charge in [0.15, 0.2) is 0 Å². The molecule has 2 aromatic rings. The van der Waals surface area contributed by atoms with Gasteiger partial charge in [-0.25, -0.2) is 0 Å². The van der Waals surface area contributed by atoms with E-state index in [-0.39, 0.29) is 12.5 Å². The molecule has 0 bridgehead atoms. The number of nitriles is 1. The molecule has 0 saturated heterocycles. The molecule has 1 aromatic heterocycles. The van der Waals surface area contributed by atoms with Crippen LogP contribution in [0.2, 0.25) is 0 Å². The third kappa shape index (κ3) is 4.08. The summed E-state index contributed by atoms with van der Waals surface area (Å²) in [6.45, 7) is 6.24. The normalized spacial score (nSPS) is 17.5. The van der Waals surface area contributed by atoms with Gasteiger partial charge in [0.2, 0.25) is 5.91 Å². The van der Waals surface area contributed by atoms with Crippen LogP contribution in [0, 0.1) is 25.2 Å². The average molecular weight is 407 g/mol. The van der Waals surface area contributed by atoms with Gasteiger partial charge >= 0.3 is 0 Å². The van der Waals surface area contributed by atoms with Crippen molar-refractivity contribution in [2.24, 2.45) is 0 Å². The third-order valence-electron chi connectivity index (χ3n) is 6.47. The zero-order chi connectivity index (χ0) is 21.1. The van der Waals surface area contributed by atoms with Gasteiger partial charge in [-0.15, -0.1) is 0 Å². The summed E-state index contributed by atoms with van der Waals surface area (Å²) in [4.78, 5) is 15.1. The molecule has 0 spiro atoms. The van der Waals surface area contributed by atoms with Gasteiger partial charge in [0, 0.05) is 30.4 Å². The monoisotopic (exact) mass is 406 g/mol. The quantitative estimate of drug-likeness (QED) is 0.821. The Morgan fingerprint density at radius 1 is 1.23 bits per heavy atom. The van der Waals surface area contributed by atoms with Gasteiger partial charge in [-0.1, -0.05) is 37.5 Å². The van der Waals surface area contributed by atoms with Crippen molar-refractivity contribution in [2.75, 3.05) is 25.0 Å². The summed E-state index contributed by atoms with van der Waals surface area (Å²) in [6.07, 6.45) is 5.86. The molecule has 0 radical (unpaired) electrons. The number of carbonyl (C=O) groups excluding carboxylic acids is 1. The SMILES string of the molecule is Cc1c(C#N)c(NC(=O)CN2CCOc3ccccc3C2)n(C2CCCCC2)c1C. The van der Waals surface area contributed by atoms with Gasteiger partial charge in [-0.05, 0) is 38.3 Å². The highest BCUT2D eigenvalue weighted by Gasteiger charge is 2.26. The maximum atomic E-state index is 13.0. The molecule has 0 unspecified atom stereocenters. The van der Waals surface area contributed by atoms with E-state index in [0.717, 1.165) is 35.4 Å².